The van der Waals surface area contributed by atoms with Crippen LogP contribution < -0.4 is 0 Å². The van der Waals surface area contributed by atoms with Crippen LogP contribution in [0.1, 0.15) is 46.6 Å². The van der Waals surface area contributed by atoms with Crippen molar-refractivity contribution in [2.75, 3.05) is 19.6 Å². The third kappa shape index (κ3) is 3.41. The summed E-state index contributed by atoms with van der Waals surface area (Å²) in [6, 6.07) is 13.6. The highest BCUT2D eigenvalue weighted by Gasteiger charge is 2.49. The van der Waals surface area contributed by atoms with E-state index in [1.165, 1.54) is 0 Å². The standard InChI is InChI=1S/C23H27N3O2/c1-17-7-3-4-10-20(17)21(27)26-13-6-11-23(16-26)12-14-25(22(23)28)15-19-9-5-8-18(2)24-19/h3-5,7-10H,6,11-16H2,1-2H3. The third-order valence-corrected chi connectivity index (χ3v) is 6.14. The van der Waals surface area contributed by atoms with Crippen molar-refractivity contribution < 1.29 is 9.59 Å². The van der Waals surface area contributed by atoms with Gasteiger partial charge in [0.2, 0.25) is 5.91 Å². The Bertz CT molecular complexity index is 910. The van der Waals surface area contributed by atoms with E-state index < -0.39 is 5.41 Å². The summed E-state index contributed by atoms with van der Waals surface area (Å²) in [7, 11) is 0. The first kappa shape index (κ1) is 18.7. The average Bonchev–Trinajstić information content (AvgIpc) is 2.97. The minimum absolute atomic E-state index is 0.0452. The summed E-state index contributed by atoms with van der Waals surface area (Å²) >= 11 is 0. The molecule has 1 aromatic carbocycles. The molecule has 0 bridgehead atoms. The van der Waals surface area contributed by atoms with Gasteiger partial charge in [0.05, 0.1) is 17.7 Å². The second kappa shape index (κ2) is 7.38. The Morgan fingerprint density at radius 1 is 1.07 bits per heavy atom. The number of piperidine rings is 1. The van der Waals surface area contributed by atoms with E-state index >= 15 is 0 Å². The number of aryl methyl sites for hydroxylation is 2. The summed E-state index contributed by atoms with van der Waals surface area (Å²) in [5.74, 6) is 0.224. The molecule has 2 amide bonds. The van der Waals surface area contributed by atoms with Crippen LogP contribution in [0.2, 0.25) is 0 Å². The first-order valence-corrected chi connectivity index (χ1v) is 10.1. The van der Waals surface area contributed by atoms with E-state index in [-0.39, 0.29) is 11.8 Å². The lowest BCUT2D eigenvalue weighted by Gasteiger charge is -2.39. The van der Waals surface area contributed by atoms with E-state index in [0.717, 1.165) is 54.9 Å². The average molecular weight is 377 g/mol. The van der Waals surface area contributed by atoms with E-state index in [1.807, 2.05) is 66.1 Å². The molecule has 0 N–H and O–H groups in total. The minimum atomic E-state index is -0.430. The van der Waals surface area contributed by atoms with Crippen LogP contribution in [0.15, 0.2) is 42.5 Å². The van der Waals surface area contributed by atoms with Gasteiger partial charge in [-0.25, -0.2) is 0 Å². The van der Waals surface area contributed by atoms with E-state index in [4.69, 9.17) is 0 Å². The molecule has 2 saturated heterocycles. The van der Waals surface area contributed by atoms with Crippen molar-refractivity contribution in [3.63, 3.8) is 0 Å². The van der Waals surface area contributed by atoms with Crippen LogP contribution >= 0.6 is 0 Å². The number of likely N-dealkylation sites (tertiary alicyclic amines) is 2. The molecule has 146 valence electrons. The van der Waals surface area contributed by atoms with Crippen LogP contribution in [0.3, 0.4) is 0 Å². The summed E-state index contributed by atoms with van der Waals surface area (Å²) in [6.45, 7) is 6.46. The third-order valence-electron chi connectivity index (χ3n) is 6.14. The van der Waals surface area contributed by atoms with Crippen LogP contribution in [-0.2, 0) is 11.3 Å². The Morgan fingerprint density at radius 3 is 2.68 bits per heavy atom. The highest BCUT2D eigenvalue weighted by atomic mass is 16.2. The Kier molecular flexibility index (Phi) is 4.92. The van der Waals surface area contributed by atoms with Crippen LogP contribution in [0.5, 0.6) is 0 Å². The van der Waals surface area contributed by atoms with Crippen LogP contribution in [-0.4, -0.2) is 46.2 Å². The molecule has 1 spiro atoms. The maximum atomic E-state index is 13.3. The van der Waals surface area contributed by atoms with Gasteiger partial charge in [0.25, 0.3) is 5.91 Å². The molecule has 5 heteroatoms. The van der Waals surface area contributed by atoms with E-state index in [2.05, 4.69) is 4.98 Å². The number of amides is 2. The summed E-state index contributed by atoms with van der Waals surface area (Å²) in [6.07, 6.45) is 2.55. The second-order valence-electron chi connectivity index (χ2n) is 8.17. The monoisotopic (exact) mass is 377 g/mol. The second-order valence-corrected chi connectivity index (χ2v) is 8.17. The molecule has 4 rings (SSSR count). The molecule has 0 aliphatic carbocycles. The molecule has 1 unspecified atom stereocenters. The van der Waals surface area contributed by atoms with E-state index in [9.17, 15) is 9.59 Å². The number of benzene rings is 1. The lowest BCUT2D eigenvalue weighted by Crippen LogP contribution is -2.49. The zero-order valence-corrected chi connectivity index (χ0v) is 16.6. The number of nitrogens with zero attached hydrogens (tertiary/aromatic N) is 3. The van der Waals surface area contributed by atoms with Crippen LogP contribution in [0.25, 0.3) is 0 Å². The molecular weight excluding hydrogens is 350 g/mol. The Hall–Kier alpha value is -2.69. The van der Waals surface area contributed by atoms with Gasteiger partial charge in [0, 0.05) is 30.9 Å². The SMILES string of the molecule is Cc1cccc(CN2CCC3(CCCN(C(=O)c4ccccc4C)C3)C2=O)n1. The number of pyridine rings is 1. The molecular formula is C23H27N3O2. The first-order valence-electron chi connectivity index (χ1n) is 10.1. The van der Waals surface area contributed by atoms with Crippen molar-refractivity contribution in [1.29, 1.82) is 0 Å². The topological polar surface area (TPSA) is 53.5 Å². The number of hydrogen-bond donors (Lipinski definition) is 0. The summed E-state index contributed by atoms with van der Waals surface area (Å²) < 4.78 is 0. The number of aromatic nitrogens is 1. The molecule has 28 heavy (non-hydrogen) atoms. The zero-order chi connectivity index (χ0) is 19.7. The Morgan fingerprint density at radius 2 is 1.89 bits per heavy atom. The molecule has 2 aliphatic rings. The highest BCUT2D eigenvalue weighted by molar-refractivity contribution is 5.96. The van der Waals surface area contributed by atoms with Crippen LogP contribution in [0.4, 0.5) is 0 Å². The van der Waals surface area contributed by atoms with Gasteiger partial charge in [-0.1, -0.05) is 24.3 Å². The van der Waals surface area contributed by atoms with Gasteiger partial charge in [0.1, 0.15) is 0 Å². The zero-order valence-electron chi connectivity index (χ0n) is 16.6. The highest BCUT2D eigenvalue weighted by Crippen LogP contribution is 2.41. The normalized spacial score (nSPS) is 22.1. The van der Waals surface area contributed by atoms with Crippen molar-refractivity contribution in [2.45, 2.75) is 39.7 Å². The summed E-state index contributed by atoms with van der Waals surface area (Å²) in [5, 5.41) is 0. The molecule has 2 aromatic rings. The molecule has 3 heterocycles. The van der Waals surface area contributed by atoms with Gasteiger partial charge in [-0.2, -0.15) is 0 Å². The quantitative estimate of drug-likeness (QED) is 0.824. The van der Waals surface area contributed by atoms with Crippen molar-refractivity contribution in [3.8, 4) is 0 Å². The lowest BCUT2D eigenvalue weighted by molar-refractivity contribution is -0.138. The predicted molar refractivity (Wildman–Crippen MR) is 108 cm³/mol. The molecule has 2 aliphatic heterocycles. The van der Waals surface area contributed by atoms with Gasteiger partial charge in [-0.3, -0.25) is 14.6 Å². The van der Waals surface area contributed by atoms with Crippen LogP contribution in [0, 0.1) is 19.3 Å². The minimum Gasteiger partial charge on any atom is -0.338 e. The first-order chi connectivity index (χ1) is 13.5. The number of carbonyl (C=O) groups excluding carboxylic acids is 2. The van der Waals surface area contributed by atoms with Crippen molar-refractivity contribution in [2.24, 2.45) is 5.41 Å². The maximum Gasteiger partial charge on any atom is 0.254 e. The molecule has 1 aromatic heterocycles. The Balaban J connectivity index is 1.50. The van der Waals surface area contributed by atoms with Crippen molar-refractivity contribution in [3.05, 3.63) is 65.0 Å². The smallest absolute Gasteiger partial charge is 0.254 e. The summed E-state index contributed by atoms with van der Waals surface area (Å²) in [5.41, 5.74) is 3.18. The van der Waals surface area contributed by atoms with Crippen molar-refractivity contribution >= 4 is 11.8 Å². The molecule has 0 saturated carbocycles. The van der Waals surface area contributed by atoms with Crippen molar-refractivity contribution in [1.82, 2.24) is 14.8 Å². The van der Waals surface area contributed by atoms with E-state index in [1.54, 1.807) is 0 Å². The predicted octanol–water partition coefficient (Wildman–Crippen LogP) is 3.35. The number of hydrogen-bond acceptors (Lipinski definition) is 3. The Labute approximate surface area is 166 Å². The van der Waals surface area contributed by atoms with Gasteiger partial charge >= 0.3 is 0 Å². The van der Waals surface area contributed by atoms with E-state index in [0.29, 0.717) is 13.1 Å². The fourth-order valence-corrected chi connectivity index (χ4v) is 4.59. The lowest BCUT2D eigenvalue weighted by atomic mass is 9.78. The van der Waals surface area contributed by atoms with Gasteiger partial charge < -0.3 is 9.80 Å². The number of carbonyl (C=O) groups is 2. The van der Waals surface area contributed by atoms with Gasteiger partial charge in [-0.15, -0.1) is 0 Å². The summed E-state index contributed by atoms with van der Waals surface area (Å²) in [4.78, 5) is 34.7. The van der Waals surface area contributed by atoms with Gasteiger partial charge in [-0.05, 0) is 56.9 Å². The maximum absolute atomic E-state index is 13.3. The molecule has 2 fully saturated rings. The molecule has 5 nitrogen and oxygen atoms in total. The fourth-order valence-electron chi connectivity index (χ4n) is 4.59. The largest absolute Gasteiger partial charge is 0.338 e. The van der Waals surface area contributed by atoms with Gasteiger partial charge in [0.15, 0.2) is 0 Å². The fraction of sp³-hybridized carbons (Fsp3) is 0.435. The molecule has 1 atom stereocenters. The molecule has 0 radical (unpaired) electrons. The number of rotatable bonds is 3.